The molecule has 1 atom stereocenters. The van der Waals surface area contributed by atoms with Gasteiger partial charge in [0, 0.05) is 11.4 Å². The molecule has 0 aromatic carbocycles. The molecular weight excluding hydrogens is 192 g/mol. The number of nitrogens with zero attached hydrogens (tertiary/aromatic N) is 1. The largest absolute Gasteiger partial charge is 0.295 e. The normalized spacial score (nSPS) is 14.6. The van der Waals surface area contributed by atoms with E-state index >= 15 is 0 Å². The average Bonchev–Trinajstić information content (AvgIpc) is 2.68. The first-order chi connectivity index (χ1) is 6.70. The van der Waals surface area contributed by atoms with Gasteiger partial charge in [-0.25, -0.2) is 0 Å². The first kappa shape index (κ1) is 11.2. The maximum atomic E-state index is 9.04. The average molecular weight is 208 g/mol. The summed E-state index contributed by atoms with van der Waals surface area (Å²) < 4.78 is 0. The van der Waals surface area contributed by atoms with E-state index in [1.807, 2.05) is 13.0 Å². The Kier molecular flexibility index (Phi) is 4.12. The van der Waals surface area contributed by atoms with Crippen LogP contribution in [0, 0.1) is 11.3 Å². The number of hydrogen-bond donors (Lipinski definition) is 1. The lowest BCUT2D eigenvalue weighted by Crippen LogP contribution is -2.39. The van der Waals surface area contributed by atoms with Crippen molar-refractivity contribution in [1.82, 2.24) is 5.32 Å². The van der Waals surface area contributed by atoms with Crippen molar-refractivity contribution in [2.75, 3.05) is 0 Å². The van der Waals surface area contributed by atoms with E-state index in [1.165, 1.54) is 4.88 Å². The SMILES string of the molecule is CCCC(C)(C#N)NCc1cccs1. The summed E-state index contributed by atoms with van der Waals surface area (Å²) in [5, 5.41) is 14.4. The third-order valence-corrected chi connectivity index (χ3v) is 3.11. The van der Waals surface area contributed by atoms with Crippen molar-refractivity contribution in [2.24, 2.45) is 0 Å². The molecule has 1 rings (SSSR count). The highest BCUT2D eigenvalue weighted by Gasteiger charge is 2.21. The third-order valence-electron chi connectivity index (χ3n) is 2.23. The molecule has 14 heavy (non-hydrogen) atoms. The predicted molar refractivity (Wildman–Crippen MR) is 60.1 cm³/mol. The van der Waals surface area contributed by atoms with E-state index in [4.69, 9.17) is 5.26 Å². The van der Waals surface area contributed by atoms with E-state index in [1.54, 1.807) is 11.3 Å². The standard InChI is InChI=1S/C11H16N2S/c1-3-6-11(2,9-12)13-8-10-5-4-7-14-10/h4-5,7,13H,3,6,8H2,1-2H3. The first-order valence-corrected chi connectivity index (χ1v) is 5.77. The van der Waals surface area contributed by atoms with Crippen LogP contribution in [-0.4, -0.2) is 5.54 Å². The zero-order chi connectivity index (χ0) is 10.4. The molecule has 1 heterocycles. The smallest absolute Gasteiger partial charge is 0.104 e. The highest BCUT2D eigenvalue weighted by atomic mass is 32.1. The van der Waals surface area contributed by atoms with Gasteiger partial charge in [0.25, 0.3) is 0 Å². The minimum Gasteiger partial charge on any atom is -0.295 e. The molecule has 3 heteroatoms. The van der Waals surface area contributed by atoms with E-state index in [0.29, 0.717) is 0 Å². The van der Waals surface area contributed by atoms with Crippen molar-refractivity contribution >= 4 is 11.3 Å². The summed E-state index contributed by atoms with van der Waals surface area (Å²) >= 11 is 1.72. The molecule has 0 aliphatic heterocycles. The maximum absolute atomic E-state index is 9.04. The van der Waals surface area contributed by atoms with Crippen molar-refractivity contribution in [3.63, 3.8) is 0 Å². The van der Waals surface area contributed by atoms with Gasteiger partial charge in [0.15, 0.2) is 0 Å². The summed E-state index contributed by atoms with van der Waals surface area (Å²) in [6.07, 6.45) is 1.93. The molecule has 0 fully saturated rings. The van der Waals surface area contributed by atoms with E-state index in [-0.39, 0.29) is 5.54 Å². The molecule has 0 aliphatic carbocycles. The Morgan fingerprint density at radius 3 is 2.93 bits per heavy atom. The fourth-order valence-corrected chi connectivity index (χ4v) is 2.02. The minimum atomic E-state index is -0.376. The zero-order valence-corrected chi connectivity index (χ0v) is 9.53. The quantitative estimate of drug-likeness (QED) is 0.807. The van der Waals surface area contributed by atoms with Crippen LogP contribution < -0.4 is 5.32 Å². The monoisotopic (exact) mass is 208 g/mol. The van der Waals surface area contributed by atoms with Gasteiger partial charge in [-0.15, -0.1) is 11.3 Å². The molecule has 2 nitrogen and oxygen atoms in total. The van der Waals surface area contributed by atoms with Crippen LogP contribution in [0.3, 0.4) is 0 Å². The molecule has 0 saturated carbocycles. The Balaban J connectivity index is 2.46. The molecule has 1 unspecified atom stereocenters. The Morgan fingerprint density at radius 1 is 1.64 bits per heavy atom. The molecule has 0 amide bonds. The van der Waals surface area contributed by atoms with Crippen molar-refractivity contribution < 1.29 is 0 Å². The molecule has 1 aromatic heterocycles. The molecule has 0 bridgehead atoms. The highest BCUT2D eigenvalue weighted by Crippen LogP contribution is 2.14. The van der Waals surface area contributed by atoms with Gasteiger partial charge < -0.3 is 0 Å². The molecule has 1 N–H and O–H groups in total. The minimum absolute atomic E-state index is 0.376. The topological polar surface area (TPSA) is 35.8 Å². The van der Waals surface area contributed by atoms with Crippen LogP contribution in [0.15, 0.2) is 17.5 Å². The number of rotatable bonds is 5. The van der Waals surface area contributed by atoms with Gasteiger partial charge in [-0.2, -0.15) is 5.26 Å². The second-order valence-corrected chi connectivity index (χ2v) is 4.66. The second-order valence-electron chi connectivity index (χ2n) is 3.63. The Bertz CT molecular complexity index is 300. The molecule has 1 aromatic rings. The fraction of sp³-hybridized carbons (Fsp3) is 0.545. The Hall–Kier alpha value is -0.850. The summed E-state index contributed by atoms with van der Waals surface area (Å²) in [5.41, 5.74) is -0.376. The summed E-state index contributed by atoms with van der Waals surface area (Å²) in [6.45, 7) is 4.86. The maximum Gasteiger partial charge on any atom is 0.104 e. The molecule has 0 saturated heterocycles. The second kappa shape index (κ2) is 5.14. The summed E-state index contributed by atoms with van der Waals surface area (Å²) in [6, 6.07) is 6.45. The molecule has 0 spiro atoms. The number of hydrogen-bond acceptors (Lipinski definition) is 3. The van der Waals surface area contributed by atoms with Crippen molar-refractivity contribution in [2.45, 2.75) is 38.8 Å². The number of thiophene rings is 1. The third kappa shape index (κ3) is 3.13. The Labute approximate surface area is 89.6 Å². The van der Waals surface area contributed by atoms with Gasteiger partial charge in [0.05, 0.1) is 6.07 Å². The van der Waals surface area contributed by atoms with Crippen LogP contribution >= 0.6 is 11.3 Å². The summed E-state index contributed by atoms with van der Waals surface area (Å²) in [5.74, 6) is 0. The lowest BCUT2D eigenvalue weighted by atomic mass is 9.98. The molecular formula is C11H16N2S. The van der Waals surface area contributed by atoms with Crippen LogP contribution in [0.25, 0.3) is 0 Å². The zero-order valence-electron chi connectivity index (χ0n) is 8.71. The van der Waals surface area contributed by atoms with Crippen LogP contribution in [0.4, 0.5) is 0 Å². The fourth-order valence-electron chi connectivity index (χ4n) is 1.38. The van der Waals surface area contributed by atoms with Gasteiger partial charge in [0.1, 0.15) is 5.54 Å². The van der Waals surface area contributed by atoms with Crippen LogP contribution in [0.1, 0.15) is 31.6 Å². The van der Waals surface area contributed by atoms with E-state index in [2.05, 4.69) is 29.8 Å². The predicted octanol–water partition coefficient (Wildman–Crippen LogP) is 2.92. The van der Waals surface area contributed by atoms with Gasteiger partial charge in [-0.05, 0) is 24.8 Å². The van der Waals surface area contributed by atoms with E-state index in [9.17, 15) is 0 Å². The van der Waals surface area contributed by atoms with Crippen LogP contribution in [0.2, 0.25) is 0 Å². The van der Waals surface area contributed by atoms with Gasteiger partial charge in [-0.3, -0.25) is 5.32 Å². The first-order valence-electron chi connectivity index (χ1n) is 4.89. The van der Waals surface area contributed by atoms with E-state index in [0.717, 1.165) is 19.4 Å². The van der Waals surface area contributed by atoms with Crippen LogP contribution in [-0.2, 0) is 6.54 Å². The molecule has 0 radical (unpaired) electrons. The summed E-state index contributed by atoms with van der Waals surface area (Å²) in [4.78, 5) is 1.28. The van der Waals surface area contributed by atoms with Crippen molar-refractivity contribution in [3.8, 4) is 6.07 Å². The summed E-state index contributed by atoms with van der Waals surface area (Å²) in [7, 11) is 0. The van der Waals surface area contributed by atoms with Crippen molar-refractivity contribution in [3.05, 3.63) is 22.4 Å². The Morgan fingerprint density at radius 2 is 2.43 bits per heavy atom. The van der Waals surface area contributed by atoms with Crippen LogP contribution in [0.5, 0.6) is 0 Å². The lowest BCUT2D eigenvalue weighted by molar-refractivity contribution is 0.414. The lowest BCUT2D eigenvalue weighted by Gasteiger charge is -2.22. The van der Waals surface area contributed by atoms with Gasteiger partial charge in [-0.1, -0.05) is 19.4 Å². The van der Waals surface area contributed by atoms with Crippen molar-refractivity contribution in [1.29, 1.82) is 5.26 Å². The van der Waals surface area contributed by atoms with Gasteiger partial charge >= 0.3 is 0 Å². The number of nitriles is 1. The van der Waals surface area contributed by atoms with E-state index < -0.39 is 0 Å². The highest BCUT2D eigenvalue weighted by molar-refractivity contribution is 7.09. The molecule has 76 valence electrons. The van der Waals surface area contributed by atoms with Gasteiger partial charge in [0.2, 0.25) is 0 Å². The number of nitrogens with one attached hydrogen (secondary N) is 1. The molecule has 0 aliphatic rings.